The van der Waals surface area contributed by atoms with Gasteiger partial charge in [-0.15, -0.1) is 11.3 Å². The van der Waals surface area contributed by atoms with Crippen LogP contribution in [0.25, 0.3) is 16.6 Å². The summed E-state index contributed by atoms with van der Waals surface area (Å²) in [5.74, 6) is 0.964. The highest BCUT2D eigenvalue weighted by atomic mass is 35.5. The topological polar surface area (TPSA) is 28.6 Å². The summed E-state index contributed by atoms with van der Waals surface area (Å²) in [7, 11) is 0. The van der Waals surface area contributed by atoms with E-state index in [1.165, 1.54) is 29.8 Å². The summed E-state index contributed by atoms with van der Waals surface area (Å²) in [6.45, 7) is 2.98. The van der Waals surface area contributed by atoms with Gasteiger partial charge in [-0.25, -0.2) is 4.98 Å². The van der Waals surface area contributed by atoms with Gasteiger partial charge in [0.2, 0.25) is 0 Å². The third-order valence-corrected chi connectivity index (χ3v) is 7.84. The predicted molar refractivity (Wildman–Crippen MR) is 128 cm³/mol. The number of rotatable bonds is 5. The van der Waals surface area contributed by atoms with Crippen LogP contribution in [0, 0.1) is 0 Å². The molecule has 0 spiro atoms. The van der Waals surface area contributed by atoms with Crippen LogP contribution < -0.4 is 9.64 Å². The van der Waals surface area contributed by atoms with Crippen LogP contribution in [0.2, 0.25) is 5.02 Å². The molecule has 3 aromatic rings. The molecule has 3 heterocycles. The van der Waals surface area contributed by atoms with E-state index in [9.17, 15) is 0 Å². The summed E-state index contributed by atoms with van der Waals surface area (Å²) >= 11 is 7.77. The summed E-state index contributed by atoms with van der Waals surface area (Å²) < 4.78 is 6.16. The molecule has 1 saturated carbocycles. The molecule has 158 valence electrons. The molecule has 2 fully saturated rings. The number of thiazole rings is 1. The molecule has 1 saturated heterocycles. The molecule has 3 aliphatic rings. The minimum Gasteiger partial charge on any atom is -0.488 e. The second-order valence-electron chi connectivity index (χ2n) is 8.55. The van der Waals surface area contributed by atoms with Gasteiger partial charge in [0.05, 0.1) is 17.1 Å². The maximum atomic E-state index is 6.16. The highest BCUT2D eigenvalue weighted by Crippen LogP contribution is 2.35. The van der Waals surface area contributed by atoms with E-state index in [0.29, 0.717) is 6.10 Å². The van der Waals surface area contributed by atoms with Gasteiger partial charge < -0.3 is 9.64 Å². The van der Waals surface area contributed by atoms with Crippen molar-refractivity contribution in [2.24, 2.45) is 0 Å². The van der Waals surface area contributed by atoms with Crippen molar-refractivity contribution < 1.29 is 4.74 Å². The van der Waals surface area contributed by atoms with Gasteiger partial charge in [0.15, 0.2) is 0 Å². The van der Waals surface area contributed by atoms with Crippen LogP contribution in [0.4, 0.5) is 5.69 Å². The molecule has 31 heavy (non-hydrogen) atoms. The number of fused-ring (bicyclic) bond motifs is 1. The van der Waals surface area contributed by atoms with Gasteiger partial charge in [0.25, 0.3) is 0 Å². The number of anilines is 1. The lowest BCUT2D eigenvalue weighted by atomic mass is 9.89. The van der Waals surface area contributed by atoms with E-state index < -0.39 is 0 Å². The minimum atomic E-state index is 0.340. The zero-order valence-electron chi connectivity index (χ0n) is 17.2. The highest BCUT2D eigenvalue weighted by molar-refractivity contribution is 7.15. The van der Waals surface area contributed by atoms with E-state index >= 15 is 0 Å². The second-order valence-corrected chi connectivity index (χ2v) is 10.1. The smallest absolute Gasteiger partial charge is 0.124 e. The first-order valence-corrected chi connectivity index (χ1v) is 12.1. The first kappa shape index (κ1) is 19.4. The summed E-state index contributed by atoms with van der Waals surface area (Å²) in [6, 6.07) is 17.2. The van der Waals surface area contributed by atoms with Crippen molar-refractivity contribution in [1.29, 1.82) is 0 Å². The van der Waals surface area contributed by atoms with Crippen LogP contribution >= 0.6 is 22.9 Å². The van der Waals surface area contributed by atoms with Crippen LogP contribution in [0.3, 0.4) is 0 Å². The Kier molecular flexibility index (Phi) is 4.98. The molecule has 2 aromatic carbocycles. The second kappa shape index (κ2) is 7.97. The average molecular weight is 450 g/mol. The fraction of sp³-hybridized carbons (Fsp3) is 0.320. The summed E-state index contributed by atoms with van der Waals surface area (Å²) in [6.07, 6.45) is 8.69. The van der Waals surface area contributed by atoms with Crippen LogP contribution in [0.15, 0.2) is 54.7 Å². The lowest BCUT2D eigenvalue weighted by Gasteiger charge is -2.47. The Hall–Kier alpha value is -2.34. The van der Waals surface area contributed by atoms with E-state index in [1.807, 2.05) is 24.3 Å². The van der Waals surface area contributed by atoms with E-state index in [1.54, 1.807) is 11.3 Å². The van der Waals surface area contributed by atoms with Gasteiger partial charge in [-0.2, -0.15) is 0 Å². The number of benzene rings is 2. The fourth-order valence-electron chi connectivity index (χ4n) is 4.37. The summed E-state index contributed by atoms with van der Waals surface area (Å²) in [5.41, 5.74) is 3.34. The summed E-state index contributed by atoms with van der Waals surface area (Å²) in [5, 5.41) is 1.78. The molecule has 2 aliphatic heterocycles. The Morgan fingerprint density at radius 2 is 1.77 bits per heavy atom. The molecule has 1 aliphatic carbocycles. The van der Waals surface area contributed by atoms with Crippen molar-refractivity contribution in [1.82, 2.24) is 9.88 Å². The van der Waals surface area contributed by atoms with Crippen LogP contribution in [0.1, 0.15) is 29.8 Å². The average Bonchev–Trinajstić information content (AvgIpc) is 3.15. The zero-order valence-corrected chi connectivity index (χ0v) is 18.8. The minimum absolute atomic E-state index is 0.340. The van der Waals surface area contributed by atoms with Crippen molar-refractivity contribution in [3.63, 3.8) is 0 Å². The number of nitrogens with zero attached hydrogens (tertiary/aromatic N) is 3. The molecule has 0 radical (unpaired) electrons. The third-order valence-electron chi connectivity index (χ3n) is 6.48. The Bertz CT molecular complexity index is 1100. The van der Waals surface area contributed by atoms with Gasteiger partial charge in [-0.1, -0.05) is 30.2 Å². The first-order valence-electron chi connectivity index (χ1n) is 10.9. The zero-order chi connectivity index (χ0) is 20.8. The maximum absolute atomic E-state index is 6.16. The molecule has 6 rings (SSSR count). The first-order chi connectivity index (χ1) is 15.2. The van der Waals surface area contributed by atoms with Crippen molar-refractivity contribution in [2.45, 2.75) is 38.0 Å². The Morgan fingerprint density at radius 1 is 1.00 bits per heavy atom. The molecule has 4 nitrogen and oxygen atoms in total. The molecular formula is C25H24ClN3OS. The van der Waals surface area contributed by atoms with Crippen LogP contribution in [-0.4, -0.2) is 35.1 Å². The van der Waals surface area contributed by atoms with Crippen molar-refractivity contribution in [3.05, 3.63) is 70.3 Å². The molecule has 6 heteroatoms. The Morgan fingerprint density at radius 3 is 2.48 bits per heavy atom. The van der Waals surface area contributed by atoms with Crippen molar-refractivity contribution >= 4 is 34.7 Å². The van der Waals surface area contributed by atoms with Gasteiger partial charge in [0.1, 0.15) is 16.9 Å². The molecule has 0 amide bonds. The van der Waals surface area contributed by atoms with Crippen LogP contribution in [0.5, 0.6) is 5.75 Å². The number of ether oxygens (including phenoxy) is 1. The lowest BCUT2D eigenvalue weighted by molar-refractivity contribution is -0.0308. The molecular weight excluding hydrogens is 426 g/mol. The van der Waals surface area contributed by atoms with Gasteiger partial charge >= 0.3 is 0 Å². The van der Waals surface area contributed by atoms with Crippen LogP contribution in [-0.2, 0) is 6.54 Å². The normalized spacial score (nSPS) is 19.1. The number of hydrogen-bond donors (Lipinski definition) is 0. The summed E-state index contributed by atoms with van der Waals surface area (Å²) in [4.78, 5) is 10.9. The third kappa shape index (κ3) is 3.86. The quantitative estimate of drug-likeness (QED) is 0.472. The molecule has 0 atom stereocenters. The number of aromatic nitrogens is 1. The van der Waals surface area contributed by atoms with Gasteiger partial charge in [-0.05, 0) is 55.3 Å². The van der Waals surface area contributed by atoms with E-state index in [0.717, 1.165) is 52.7 Å². The van der Waals surface area contributed by atoms with Crippen molar-refractivity contribution in [2.75, 3.05) is 18.0 Å². The van der Waals surface area contributed by atoms with E-state index in [-0.39, 0.29) is 0 Å². The van der Waals surface area contributed by atoms with Gasteiger partial charge in [0, 0.05) is 41.6 Å². The highest BCUT2D eigenvalue weighted by Gasteiger charge is 2.36. The van der Waals surface area contributed by atoms with E-state index in [4.69, 9.17) is 21.3 Å². The Labute approximate surface area is 191 Å². The fourth-order valence-corrected chi connectivity index (χ4v) is 5.55. The molecule has 1 aromatic heterocycles. The molecule has 0 N–H and O–H groups in total. The number of likely N-dealkylation sites (tertiary alicyclic amines) is 1. The monoisotopic (exact) mass is 449 g/mol. The van der Waals surface area contributed by atoms with E-state index in [2.05, 4.69) is 46.3 Å². The Balaban J connectivity index is 1.09. The number of hydrogen-bond acceptors (Lipinski definition) is 5. The predicted octanol–water partition coefficient (Wildman–Crippen LogP) is 6.07. The number of halogens is 1. The molecule has 0 bridgehead atoms. The van der Waals surface area contributed by atoms with Gasteiger partial charge in [-0.3, -0.25) is 4.90 Å². The molecule has 0 unspecified atom stereocenters. The maximum Gasteiger partial charge on any atom is 0.124 e. The standard InChI is InChI=1S/C25H24ClN3OS/c26-18-6-4-17(5-7-18)25-27-23-12-13-28(16-24(23)31-25)20-8-10-21(11-9-20)30-22-14-29(15-22)19-2-1-3-19/h4-13,19,22H,1-3,14-16H2. The lowest BCUT2D eigenvalue weighted by Crippen LogP contribution is -2.59. The largest absolute Gasteiger partial charge is 0.488 e. The van der Waals surface area contributed by atoms with Crippen molar-refractivity contribution in [3.8, 4) is 16.3 Å². The SMILES string of the molecule is Clc1ccc(-c2nc3c(s2)CN(c2ccc(OC4CN(C5CCC5)C4)cc2)C=C3)cc1.